The summed E-state index contributed by atoms with van der Waals surface area (Å²) in [4.78, 5) is 15.1. The number of nitrogens with zero attached hydrogens (tertiary/aromatic N) is 1. The lowest BCUT2D eigenvalue weighted by molar-refractivity contribution is -0.124. The molecule has 0 aliphatic carbocycles. The number of likely N-dealkylation sites (tertiary alicyclic amines) is 1. The Morgan fingerprint density at radius 1 is 0.800 bits per heavy atom. The third kappa shape index (κ3) is 2.52. The van der Waals surface area contributed by atoms with Crippen LogP contribution >= 0.6 is 0 Å². The lowest BCUT2D eigenvalue weighted by atomic mass is 9.80. The fourth-order valence-electron chi connectivity index (χ4n) is 3.03. The molecule has 1 heterocycles. The molecule has 0 unspecified atom stereocenters. The summed E-state index contributed by atoms with van der Waals surface area (Å²) >= 11 is 0. The van der Waals surface area contributed by atoms with Gasteiger partial charge in [-0.05, 0) is 18.2 Å². The number of rotatable bonds is 2. The number of carbonyl (C=O) groups excluding carboxylic acids is 1. The van der Waals surface area contributed by atoms with E-state index in [1.807, 2.05) is 36.4 Å². The Morgan fingerprint density at radius 2 is 1.20 bits per heavy atom. The molecule has 2 aromatic carbocycles. The predicted octanol–water partition coefficient (Wildman–Crippen LogP) is 3.07. The number of benzene rings is 2. The van der Waals surface area contributed by atoms with Crippen molar-refractivity contribution in [3.05, 3.63) is 71.8 Å². The fraction of sp³-hybridized carbons (Fsp3) is 0.278. The highest BCUT2D eigenvalue weighted by Crippen LogP contribution is 2.31. The summed E-state index contributed by atoms with van der Waals surface area (Å²) < 4.78 is 0. The van der Waals surface area contributed by atoms with Crippen molar-refractivity contribution in [3.8, 4) is 0 Å². The van der Waals surface area contributed by atoms with Gasteiger partial charge in [0.25, 0.3) is 0 Å². The van der Waals surface area contributed by atoms with E-state index in [-0.39, 0.29) is 11.8 Å². The van der Waals surface area contributed by atoms with Crippen LogP contribution in [0.1, 0.15) is 23.0 Å². The minimum Gasteiger partial charge on any atom is -0.304 e. The second-order valence-electron chi connectivity index (χ2n) is 5.55. The van der Waals surface area contributed by atoms with Crippen molar-refractivity contribution in [2.24, 2.45) is 0 Å². The van der Waals surface area contributed by atoms with Crippen LogP contribution in [-0.4, -0.2) is 30.8 Å². The van der Waals surface area contributed by atoms with Crippen molar-refractivity contribution < 1.29 is 4.79 Å². The topological polar surface area (TPSA) is 20.3 Å². The molecular formula is C18H19NO. The van der Waals surface area contributed by atoms with Crippen LogP contribution in [0.3, 0.4) is 0 Å². The summed E-state index contributed by atoms with van der Waals surface area (Å²) in [6, 6.07) is 20.3. The summed E-state index contributed by atoms with van der Waals surface area (Å²) in [7, 11) is 2.10. The zero-order valence-electron chi connectivity index (χ0n) is 11.7. The van der Waals surface area contributed by atoms with Gasteiger partial charge in [0, 0.05) is 13.1 Å². The highest BCUT2D eigenvalue weighted by Gasteiger charge is 2.35. The number of Topliss-reactive ketones (excluding diaryl/α,β-unsaturated/α-hetero) is 1. The van der Waals surface area contributed by atoms with Crippen molar-refractivity contribution >= 4 is 5.78 Å². The van der Waals surface area contributed by atoms with E-state index in [1.54, 1.807) is 0 Å². The van der Waals surface area contributed by atoms with Gasteiger partial charge in [-0.25, -0.2) is 0 Å². The van der Waals surface area contributed by atoms with Crippen molar-refractivity contribution in [3.63, 3.8) is 0 Å². The molecule has 0 bridgehead atoms. The molecule has 2 atom stereocenters. The molecule has 2 nitrogen and oxygen atoms in total. The van der Waals surface area contributed by atoms with Crippen LogP contribution in [0.4, 0.5) is 0 Å². The van der Waals surface area contributed by atoms with Crippen molar-refractivity contribution in [2.75, 3.05) is 20.1 Å². The molecule has 0 saturated carbocycles. The number of piperidine rings is 1. The highest BCUT2D eigenvalue weighted by atomic mass is 16.1. The monoisotopic (exact) mass is 265 g/mol. The molecule has 1 fully saturated rings. The Labute approximate surface area is 120 Å². The average Bonchev–Trinajstić information content (AvgIpc) is 2.51. The smallest absolute Gasteiger partial charge is 0.150 e. The summed E-state index contributed by atoms with van der Waals surface area (Å²) in [6.45, 7) is 1.62. The summed E-state index contributed by atoms with van der Waals surface area (Å²) in [6.07, 6.45) is 0. The second-order valence-corrected chi connectivity index (χ2v) is 5.55. The molecule has 1 aliphatic heterocycles. The van der Waals surface area contributed by atoms with Crippen LogP contribution in [-0.2, 0) is 4.79 Å². The maximum Gasteiger partial charge on any atom is 0.150 e. The molecule has 0 spiro atoms. The Bertz CT molecular complexity index is 527. The summed E-state index contributed by atoms with van der Waals surface area (Å²) in [5.74, 6) is 0.320. The SMILES string of the molecule is CN1C[C@@H](c2ccccc2)C(=O)[C@@H](c2ccccc2)C1. The maximum atomic E-state index is 12.8. The second kappa shape index (κ2) is 5.59. The molecule has 1 aliphatic rings. The van der Waals surface area contributed by atoms with Crippen molar-refractivity contribution in [1.82, 2.24) is 4.90 Å². The molecule has 0 N–H and O–H groups in total. The molecule has 20 heavy (non-hydrogen) atoms. The molecule has 2 aromatic rings. The zero-order chi connectivity index (χ0) is 13.9. The van der Waals surface area contributed by atoms with Gasteiger partial charge >= 0.3 is 0 Å². The van der Waals surface area contributed by atoms with E-state index in [0.29, 0.717) is 5.78 Å². The van der Waals surface area contributed by atoms with Crippen LogP contribution in [0.2, 0.25) is 0 Å². The van der Waals surface area contributed by atoms with Gasteiger partial charge in [-0.3, -0.25) is 4.79 Å². The number of carbonyl (C=O) groups is 1. The van der Waals surface area contributed by atoms with Crippen molar-refractivity contribution in [1.29, 1.82) is 0 Å². The number of hydrogen-bond acceptors (Lipinski definition) is 2. The van der Waals surface area contributed by atoms with Crippen LogP contribution < -0.4 is 0 Å². The summed E-state index contributed by atoms with van der Waals surface area (Å²) in [5.41, 5.74) is 2.26. The predicted molar refractivity (Wildman–Crippen MR) is 80.9 cm³/mol. The molecule has 0 radical (unpaired) electrons. The lowest BCUT2D eigenvalue weighted by Gasteiger charge is -2.35. The van der Waals surface area contributed by atoms with E-state index in [1.165, 1.54) is 0 Å². The van der Waals surface area contributed by atoms with Gasteiger partial charge in [0.2, 0.25) is 0 Å². The molecule has 1 saturated heterocycles. The van der Waals surface area contributed by atoms with E-state index in [4.69, 9.17) is 0 Å². The quantitative estimate of drug-likeness (QED) is 0.831. The van der Waals surface area contributed by atoms with E-state index >= 15 is 0 Å². The molecular weight excluding hydrogens is 246 g/mol. The zero-order valence-corrected chi connectivity index (χ0v) is 11.7. The first-order chi connectivity index (χ1) is 9.75. The first-order valence-corrected chi connectivity index (χ1v) is 7.08. The molecule has 102 valence electrons. The van der Waals surface area contributed by atoms with Gasteiger partial charge in [-0.15, -0.1) is 0 Å². The Kier molecular flexibility index (Phi) is 3.66. The Hall–Kier alpha value is -1.93. The minimum atomic E-state index is -0.0137. The van der Waals surface area contributed by atoms with E-state index in [2.05, 4.69) is 36.2 Å². The highest BCUT2D eigenvalue weighted by molar-refractivity contribution is 5.93. The first-order valence-electron chi connectivity index (χ1n) is 7.08. The van der Waals surface area contributed by atoms with Gasteiger partial charge in [0.1, 0.15) is 5.78 Å². The first kappa shape index (κ1) is 13.1. The van der Waals surface area contributed by atoms with Crippen LogP contribution in [0.5, 0.6) is 0 Å². The van der Waals surface area contributed by atoms with Crippen molar-refractivity contribution in [2.45, 2.75) is 11.8 Å². The van der Waals surface area contributed by atoms with Gasteiger partial charge in [-0.1, -0.05) is 60.7 Å². The summed E-state index contributed by atoms with van der Waals surface area (Å²) in [5, 5.41) is 0. The number of ketones is 1. The minimum absolute atomic E-state index is 0.0137. The van der Waals surface area contributed by atoms with Gasteiger partial charge in [0.05, 0.1) is 11.8 Å². The van der Waals surface area contributed by atoms with Gasteiger partial charge in [0.15, 0.2) is 0 Å². The number of hydrogen-bond donors (Lipinski definition) is 0. The lowest BCUT2D eigenvalue weighted by Crippen LogP contribution is -2.42. The molecule has 0 amide bonds. The largest absolute Gasteiger partial charge is 0.304 e. The van der Waals surface area contributed by atoms with Gasteiger partial charge < -0.3 is 4.90 Å². The third-order valence-corrected chi connectivity index (χ3v) is 4.08. The van der Waals surface area contributed by atoms with E-state index in [9.17, 15) is 4.79 Å². The maximum absolute atomic E-state index is 12.8. The average molecular weight is 265 g/mol. The third-order valence-electron chi connectivity index (χ3n) is 4.08. The fourth-order valence-corrected chi connectivity index (χ4v) is 3.03. The van der Waals surface area contributed by atoms with Gasteiger partial charge in [-0.2, -0.15) is 0 Å². The van der Waals surface area contributed by atoms with Crippen LogP contribution in [0.15, 0.2) is 60.7 Å². The standard InChI is InChI=1S/C18H19NO/c1-19-12-16(14-8-4-2-5-9-14)18(20)17(13-19)15-10-6-3-7-11-15/h2-11,16-17H,12-13H2,1H3/t16-,17+. The number of likely N-dealkylation sites (N-methyl/N-ethyl adjacent to an activating group) is 1. The van der Waals surface area contributed by atoms with Crippen LogP contribution in [0.25, 0.3) is 0 Å². The Balaban J connectivity index is 1.92. The normalized spacial score (nSPS) is 23.8. The van der Waals surface area contributed by atoms with Crippen LogP contribution in [0, 0.1) is 0 Å². The van der Waals surface area contributed by atoms with E-state index in [0.717, 1.165) is 24.2 Å². The molecule has 3 rings (SSSR count). The van der Waals surface area contributed by atoms with E-state index < -0.39 is 0 Å². The molecule has 2 heteroatoms. The Morgan fingerprint density at radius 3 is 1.60 bits per heavy atom. The molecule has 0 aromatic heterocycles.